The highest BCUT2D eigenvalue weighted by Crippen LogP contribution is 2.38. The second-order valence-electron chi connectivity index (χ2n) is 5.68. The van der Waals surface area contributed by atoms with E-state index in [1.54, 1.807) is 0 Å². The SMILES string of the molecule is CCCNC(CC1Cc2ccccc21)C(OCC)OCC. The van der Waals surface area contributed by atoms with Crippen molar-refractivity contribution in [2.75, 3.05) is 19.8 Å². The average molecular weight is 291 g/mol. The number of nitrogens with one attached hydrogen (secondary N) is 1. The molecule has 1 aromatic carbocycles. The number of ether oxygens (including phenoxy) is 2. The van der Waals surface area contributed by atoms with Crippen LogP contribution in [-0.4, -0.2) is 32.1 Å². The first kappa shape index (κ1) is 16.5. The smallest absolute Gasteiger partial charge is 0.172 e. The standard InChI is InChI=1S/C18H29NO2/c1-4-11-19-17(18(20-5-2)21-6-3)13-15-12-14-9-7-8-10-16(14)15/h7-10,15,17-19H,4-6,11-13H2,1-3H3. The fourth-order valence-electron chi connectivity index (χ4n) is 3.11. The van der Waals surface area contributed by atoms with Gasteiger partial charge in [-0.1, -0.05) is 31.2 Å². The minimum Gasteiger partial charge on any atom is -0.351 e. The third-order valence-electron chi connectivity index (χ3n) is 4.15. The fourth-order valence-corrected chi connectivity index (χ4v) is 3.11. The summed E-state index contributed by atoms with van der Waals surface area (Å²) in [5.41, 5.74) is 3.01. The molecule has 3 nitrogen and oxygen atoms in total. The molecule has 0 aromatic heterocycles. The molecule has 0 saturated heterocycles. The van der Waals surface area contributed by atoms with Gasteiger partial charge < -0.3 is 14.8 Å². The van der Waals surface area contributed by atoms with Crippen LogP contribution in [0.2, 0.25) is 0 Å². The van der Waals surface area contributed by atoms with Gasteiger partial charge in [0.1, 0.15) is 0 Å². The first-order valence-electron chi connectivity index (χ1n) is 8.34. The van der Waals surface area contributed by atoms with Gasteiger partial charge in [0.2, 0.25) is 0 Å². The molecule has 2 rings (SSSR count). The van der Waals surface area contributed by atoms with Crippen molar-refractivity contribution in [1.29, 1.82) is 0 Å². The summed E-state index contributed by atoms with van der Waals surface area (Å²) in [6.45, 7) is 8.64. The molecule has 0 heterocycles. The van der Waals surface area contributed by atoms with Crippen LogP contribution in [-0.2, 0) is 15.9 Å². The van der Waals surface area contributed by atoms with E-state index in [1.807, 2.05) is 13.8 Å². The topological polar surface area (TPSA) is 30.5 Å². The van der Waals surface area contributed by atoms with Crippen LogP contribution in [0.4, 0.5) is 0 Å². The first-order chi connectivity index (χ1) is 10.3. The largest absolute Gasteiger partial charge is 0.351 e. The van der Waals surface area contributed by atoms with Crippen molar-refractivity contribution < 1.29 is 9.47 Å². The van der Waals surface area contributed by atoms with Crippen LogP contribution in [0.1, 0.15) is 50.7 Å². The van der Waals surface area contributed by atoms with E-state index in [9.17, 15) is 0 Å². The second kappa shape index (κ2) is 8.52. The lowest BCUT2D eigenvalue weighted by atomic mass is 9.74. The van der Waals surface area contributed by atoms with Gasteiger partial charge in [0.05, 0.1) is 6.04 Å². The quantitative estimate of drug-likeness (QED) is 0.669. The molecule has 1 aliphatic rings. The van der Waals surface area contributed by atoms with Crippen LogP contribution in [0.25, 0.3) is 0 Å². The van der Waals surface area contributed by atoms with Crippen molar-refractivity contribution in [3.8, 4) is 0 Å². The van der Waals surface area contributed by atoms with Gasteiger partial charge in [-0.25, -0.2) is 0 Å². The summed E-state index contributed by atoms with van der Waals surface area (Å²) in [7, 11) is 0. The molecule has 3 heteroatoms. The molecular formula is C18H29NO2. The second-order valence-corrected chi connectivity index (χ2v) is 5.68. The van der Waals surface area contributed by atoms with Crippen LogP contribution < -0.4 is 5.32 Å². The third kappa shape index (κ3) is 4.29. The number of benzene rings is 1. The molecule has 0 spiro atoms. The Morgan fingerprint density at radius 3 is 2.48 bits per heavy atom. The van der Waals surface area contributed by atoms with Gasteiger partial charge in [-0.2, -0.15) is 0 Å². The van der Waals surface area contributed by atoms with Crippen molar-refractivity contribution >= 4 is 0 Å². The van der Waals surface area contributed by atoms with E-state index in [0.29, 0.717) is 19.1 Å². The van der Waals surface area contributed by atoms with Gasteiger partial charge in [0.25, 0.3) is 0 Å². The first-order valence-corrected chi connectivity index (χ1v) is 8.34. The molecule has 0 radical (unpaired) electrons. The maximum Gasteiger partial charge on any atom is 0.172 e. The van der Waals surface area contributed by atoms with Crippen molar-refractivity contribution in [2.45, 2.75) is 58.3 Å². The molecule has 1 aromatic rings. The Labute approximate surface area is 129 Å². The van der Waals surface area contributed by atoms with Crippen molar-refractivity contribution in [3.63, 3.8) is 0 Å². The monoisotopic (exact) mass is 291 g/mol. The van der Waals surface area contributed by atoms with Gasteiger partial charge in [-0.3, -0.25) is 0 Å². The van der Waals surface area contributed by atoms with Gasteiger partial charge in [-0.15, -0.1) is 0 Å². The Balaban J connectivity index is 1.99. The maximum atomic E-state index is 5.81. The molecule has 1 N–H and O–H groups in total. The molecule has 0 bridgehead atoms. The molecule has 2 unspecified atom stereocenters. The lowest BCUT2D eigenvalue weighted by Crippen LogP contribution is -2.45. The summed E-state index contributed by atoms with van der Waals surface area (Å²) < 4.78 is 11.6. The molecule has 0 aliphatic heterocycles. The van der Waals surface area contributed by atoms with Gasteiger partial charge in [0, 0.05) is 13.2 Å². The molecule has 118 valence electrons. The Bertz CT molecular complexity index is 415. The van der Waals surface area contributed by atoms with E-state index in [2.05, 4.69) is 36.5 Å². The van der Waals surface area contributed by atoms with E-state index in [1.165, 1.54) is 17.5 Å². The van der Waals surface area contributed by atoms with E-state index >= 15 is 0 Å². The van der Waals surface area contributed by atoms with Crippen LogP contribution >= 0.6 is 0 Å². The van der Waals surface area contributed by atoms with E-state index in [0.717, 1.165) is 19.4 Å². The van der Waals surface area contributed by atoms with E-state index in [4.69, 9.17) is 9.47 Å². The van der Waals surface area contributed by atoms with Crippen LogP contribution in [0.15, 0.2) is 24.3 Å². The summed E-state index contributed by atoms with van der Waals surface area (Å²) in [6, 6.07) is 9.04. The zero-order valence-electron chi connectivity index (χ0n) is 13.6. The van der Waals surface area contributed by atoms with Crippen molar-refractivity contribution in [2.24, 2.45) is 0 Å². The molecule has 0 saturated carbocycles. The number of rotatable bonds is 10. The van der Waals surface area contributed by atoms with Crippen LogP contribution in [0, 0.1) is 0 Å². The van der Waals surface area contributed by atoms with Gasteiger partial charge in [-0.05, 0) is 56.7 Å². The predicted octanol–water partition coefficient (Wildman–Crippen LogP) is 3.48. The summed E-state index contributed by atoms with van der Waals surface area (Å²) in [6.07, 6.45) is 3.26. The zero-order chi connectivity index (χ0) is 15.1. The normalized spacial score (nSPS) is 18.4. The average Bonchev–Trinajstić information content (AvgIpc) is 2.48. The molecule has 0 fully saturated rings. The Morgan fingerprint density at radius 1 is 1.14 bits per heavy atom. The Hall–Kier alpha value is -0.900. The predicted molar refractivity (Wildman–Crippen MR) is 86.6 cm³/mol. The molecule has 2 atom stereocenters. The highest BCUT2D eigenvalue weighted by atomic mass is 16.7. The Morgan fingerprint density at radius 2 is 1.86 bits per heavy atom. The summed E-state index contributed by atoms with van der Waals surface area (Å²) in [4.78, 5) is 0. The minimum atomic E-state index is -0.140. The summed E-state index contributed by atoms with van der Waals surface area (Å²) in [5, 5.41) is 3.62. The maximum absolute atomic E-state index is 5.81. The van der Waals surface area contributed by atoms with Crippen LogP contribution in [0.3, 0.4) is 0 Å². The minimum absolute atomic E-state index is 0.140. The lowest BCUT2D eigenvalue weighted by Gasteiger charge is -2.36. The van der Waals surface area contributed by atoms with E-state index < -0.39 is 0 Å². The summed E-state index contributed by atoms with van der Waals surface area (Å²) >= 11 is 0. The van der Waals surface area contributed by atoms with Gasteiger partial charge >= 0.3 is 0 Å². The highest BCUT2D eigenvalue weighted by Gasteiger charge is 2.31. The molecular weight excluding hydrogens is 262 g/mol. The van der Waals surface area contributed by atoms with Gasteiger partial charge in [0.15, 0.2) is 6.29 Å². The Kier molecular flexibility index (Phi) is 6.68. The zero-order valence-corrected chi connectivity index (χ0v) is 13.6. The fraction of sp³-hybridized carbons (Fsp3) is 0.667. The lowest BCUT2D eigenvalue weighted by molar-refractivity contribution is -0.155. The summed E-state index contributed by atoms with van der Waals surface area (Å²) in [5.74, 6) is 0.638. The number of hydrogen-bond acceptors (Lipinski definition) is 3. The third-order valence-corrected chi connectivity index (χ3v) is 4.15. The highest BCUT2D eigenvalue weighted by molar-refractivity contribution is 5.39. The molecule has 0 amide bonds. The van der Waals surface area contributed by atoms with Crippen molar-refractivity contribution in [3.05, 3.63) is 35.4 Å². The molecule has 1 aliphatic carbocycles. The van der Waals surface area contributed by atoms with Crippen molar-refractivity contribution in [1.82, 2.24) is 5.32 Å². The number of hydrogen-bond donors (Lipinski definition) is 1. The van der Waals surface area contributed by atoms with Crippen LogP contribution in [0.5, 0.6) is 0 Å². The number of fused-ring (bicyclic) bond motifs is 1. The molecule has 21 heavy (non-hydrogen) atoms. The van der Waals surface area contributed by atoms with E-state index in [-0.39, 0.29) is 12.3 Å².